The van der Waals surface area contributed by atoms with Gasteiger partial charge in [0, 0.05) is 18.7 Å². The van der Waals surface area contributed by atoms with E-state index in [0.717, 1.165) is 6.92 Å². The molecule has 0 aromatic rings. The highest BCUT2D eigenvalue weighted by molar-refractivity contribution is 5.69. The molecule has 1 amide bonds. The molecule has 1 heterocycles. The van der Waals surface area contributed by atoms with Gasteiger partial charge >= 0.3 is 12.3 Å². The molecule has 104 valence electrons. The zero-order chi connectivity index (χ0) is 14.1. The van der Waals surface area contributed by atoms with Gasteiger partial charge in [0.1, 0.15) is 5.60 Å². The largest absolute Gasteiger partial charge is 0.444 e. The molecule has 0 bridgehead atoms. The molecule has 1 rings (SSSR count). The van der Waals surface area contributed by atoms with Crippen LogP contribution in [0.1, 0.15) is 34.1 Å². The highest BCUT2D eigenvalue weighted by Gasteiger charge is 2.36. The van der Waals surface area contributed by atoms with E-state index < -0.39 is 23.4 Å². The van der Waals surface area contributed by atoms with Crippen LogP contribution in [0, 0.1) is 0 Å². The molecule has 0 saturated carbocycles. The monoisotopic (exact) mass is 265 g/mol. The smallest absolute Gasteiger partial charge is 0.412 e. The highest BCUT2D eigenvalue weighted by Crippen LogP contribution is 2.31. The topological polar surface area (TPSA) is 29.5 Å². The maximum atomic E-state index is 12.5. The lowest BCUT2D eigenvalue weighted by molar-refractivity contribution is -0.0923. The van der Waals surface area contributed by atoms with E-state index in [1.54, 1.807) is 20.8 Å². The second-order valence-electron chi connectivity index (χ2n) is 5.38. The van der Waals surface area contributed by atoms with Crippen molar-refractivity contribution in [1.82, 2.24) is 4.90 Å². The van der Waals surface area contributed by atoms with Crippen LogP contribution in [0.25, 0.3) is 0 Å². The Hall–Kier alpha value is -1.20. The summed E-state index contributed by atoms with van der Waals surface area (Å²) in [6.07, 6.45) is -4.63. The van der Waals surface area contributed by atoms with Crippen LogP contribution in [0.2, 0.25) is 0 Å². The van der Waals surface area contributed by atoms with Gasteiger partial charge in [0.05, 0.1) is 0 Å². The first-order valence-electron chi connectivity index (χ1n) is 5.74. The fourth-order valence-corrected chi connectivity index (χ4v) is 1.65. The van der Waals surface area contributed by atoms with Gasteiger partial charge in [0.15, 0.2) is 0 Å². The van der Waals surface area contributed by atoms with Crippen LogP contribution in [0.5, 0.6) is 0 Å². The normalized spacial score (nSPS) is 20.1. The predicted octanol–water partition coefficient (Wildman–Crippen LogP) is 3.51. The third-order valence-electron chi connectivity index (χ3n) is 2.67. The minimum absolute atomic E-state index is 0.000255. The van der Waals surface area contributed by atoms with Crippen LogP contribution >= 0.6 is 0 Å². The fraction of sp³-hybridized carbons (Fsp3) is 0.750. The molecule has 1 aliphatic rings. The molecule has 0 atom stereocenters. The van der Waals surface area contributed by atoms with Gasteiger partial charge in [-0.25, -0.2) is 4.79 Å². The zero-order valence-corrected chi connectivity index (χ0v) is 11.0. The number of hydrogen-bond donors (Lipinski definition) is 0. The predicted molar refractivity (Wildman–Crippen MR) is 61.2 cm³/mol. The summed E-state index contributed by atoms with van der Waals surface area (Å²) in [6, 6.07) is 0. The number of alkyl halides is 3. The summed E-state index contributed by atoms with van der Waals surface area (Å²) in [5.74, 6) is 0. The zero-order valence-electron chi connectivity index (χ0n) is 11.0. The van der Waals surface area contributed by atoms with E-state index in [4.69, 9.17) is 4.74 Å². The number of carbonyl (C=O) groups excluding carboxylic acids is 1. The maximum Gasteiger partial charge on any atom is 0.412 e. The second kappa shape index (κ2) is 4.82. The molecule has 0 radical (unpaired) electrons. The van der Waals surface area contributed by atoms with E-state index in [2.05, 4.69) is 0 Å². The Morgan fingerprint density at radius 1 is 1.28 bits per heavy atom. The SMILES string of the molecule is C/C(=C1/CCN(C(=O)OC(C)(C)C)C1)C(F)(F)F. The van der Waals surface area contributed by atoms with E-state index in [1.807, 2.05) is 0 Å². The van der Waals surface area contributed by atoms with E-state index in [-0.39, 0.29) is 25.1 Å². The summed E-state index contributed by atoms with van der Waals surface area (Å²) < 4.78 is 42.6. The van der Waals surface area contributed by atoms with E-state index in [0.29, 0.717) is 0 Å². The lowest BCUT2D eigenvalue weighted by Crippen LogP contribution is -2.35. The van der Waals surface area contributed by atoms with Crippen molar-refractivity contribution in [2.75, 3.05) is 13.1 Å². The van der Waals surface area contributed by atoms with E-state index in [1.165, 1.54) is 4.90 Å². The van der Waals surface area contributed by atoms with Crippen LogP contribution in [0.15, 0.2) is 11.1 Å². The Kier molecular flexibility index (Phi) is 3.98. The fourth-order valence-electron chi connectivity index (χ4n) is 1.65. The van der Waals surface area contributed by atoms with E-state index in [9.17, 15) is 18.0 Å². The van der Waals surface area contributed by atoms with Crippen molar-refractivity contribution in [1.29, 1.82) is 0 Å². The molecule has 0 spiro atoms. The quantitative estimate of drug-likeness (QED) is 0.627. The van der Waals surface area contributed by atoms with Crippen LogP contribution < -0.4 is 0 Å². The van der Waals surface area contributed by atoms with Crippen LogP contribution in [-0.2, 0) is 4.74 Å². The van der Waals surface area contributed by atoms with Gasteiger partial charge in [-0.3, -0.25) is 0 Å². The van der Waals surface area contributed by atoms with Gasteiger partial charge in [-0.05, 0) is 39.7 Å². The van der Waals surface area contributed by atoms with Crippen LogP contribution in [0.3, 0.4) is 0 Å². The number of amides is 1. The number of allylic oxidation sites excluding steroid dienone is 1. The minimum atomic E-state index is -4.32. The molecule has 6 heteroatoms. The first kappa shape index (κ1) is 14.9. The Morgan fingerprint density at radius 3 is 2.28 bits per heavy atom. The lowest BCUT2D eigenvalue weighted by Gasteiger charge is -2.24. The van der Waals surface area contributed by atoms with Crippen molar-refractivity contribution < 1.29 is 22.7 Å². The summed E-state index contributed by atoms with van der Waals surface area (Å²) in [4.78, 5) is 13.0. The Morgan fingerprint density at radius 2 is 1.83 bits per heavy atom. The van der Waals surface area contributed by atoms with Gasteiger partial charge in [0.2, 0.25) is 0 Å². The lowest BCUT2D eigenvalue weighted by atomic mass is 10.1. The number of carbonyl (C=O) groups is 1. The number of nitrogens with zero attached hydrogens (tertiary/aromatic N) is 1. The molecule has 1 saturated heterocycles. The highest BCUT2D eigenvalue weighted by atomic mass is 19.4. The average Bonchev–Trinajstić information content (AvgIpc) is 2.60. The summed E-state index contributed by atoms with van der Waals surface area (Å²) in [6.45, 7) is 6.49. The van der Waals surface area contributed by atoms with Gasteiger partial charge in [-0.1, -0.05) is 0 Å². The van der Waals surface area contributed by atoms with Gasteiger partial charge in [0.25, 0.3) is 0 Å². The number of halogens is 3. The van der Waals surface area contributed by atoms with Crippen molar-refractivity contribution in [3.05, 3.63) is 11.1 Å². The molecule has 0 aliphatic carbocycles. The number of likely N-dealkylation sites (tertiary alicyclic amines) is 1. The minimum Gasteiger partial charge on any atom is -0.444 e. The van der Waals surface area contributed by atoms with Crippen molar-refractivity contribution in [2.45, 2.75) is 45.9 Å². The molecule has 1 fully saturated rings. The maximum absolute atomic E-state index is 12.5. The standard InChI is InChI=1S/C12H18F3NO2/c1-8(12(13,14)15)9-5-6-16(7-9)10(17)18-11(2,3)4/h5-7H2,1-4H3/b9-8+. The molecule has 0 aromatic heterocycles. The summed E-state index contributed by atoms with van der Waals surface area (Å²) >= 11 is 0. The molecule has 0 aromatic carbocycles. The Bertz CT molecular complexity index is 366. The molecular formula is C12H18F3NO2. The molecule has 18 heavy (non-hydrogen) atoms. The Balaban J connectivity index is 2.70. The van der Waals surface area contributed by atoms with Crippen molar-refractivity contribution in [3.63, 3.8) is 0 Å². The molecular weight excluding hydrogens is 247 g/mol. The molecule has 0 N–H and O–H groups in total. The van der Waals surface area contributed by atoms with Gasteiger partial charge < -0.3 is 9.64 Å². The van der Waals surface area contributed by atoms with Crippen LogP contribution in [0.4, 0.5) is 18.0 Å². The van der Waals surface area contributed by atoms with Crippen molar-refractivity contribution in [3.8, 4) is 0 Å². The summed E-state index contributed by atoms with van der Waals surface area (Å²) in [5.41, 5.74) is -0.982. The summed E-state index contributed by atoms with van der Waals surface area (Å²) in [7, 11) is 0. The first-order chi connectivity index (χ1) is 8.00. The number of ether oxygens (including phenoxy) is 1. The summed E-state index contributed by atoms with van der Waals surface area (Å²) in [5, 5.41) is 0. The molecule has 1 aliphatic heterocycles. The third-order valence-corrected chi connectivity index (χ3v) is 2.67. The number of hydrogen-bond acceptors (Lipinski definition) is 2. The Labute approximate surface area is 105 Å². The van der Waals surface area contributed by atoms with E-state index >= 15 is 0 Å². The average molecular weight is 265 g/mol. The van der Waals surface area contributed by atoms with Gasteiger partial charge in [-0.15, -0.1) is 0 Å². The first-order valence-corrected chi connectivity index (χ1v) is 5.74. The molecule has 0 unspecified atom stereocenters. The molecule has 3 nitrogen and oxygen atoms in total. The van der Waals surface area contributed by atoms with Crippen molar-refractivity contribution >= 4 is 6.09 Å². The van der Waals surface area contributed by atoms with Gasteiger partial charge in [-0.2, -0.15) is 13.2 Å². The van der Waals surface area contributed by atoms with Crippen LogP contribution in [-0.4, -0.2) is 35.9 Å². The second-order valence-corrected chi connectivity index (χ2v) is 5.38. The van der Waals surface area contributed by atoms with Crippen molar-refractivity contribution in [2.24, 2.45) is 0 Å². The number of rotatable bonds is 0. The third kappa shape index (κ3) is 3.92.